The Labute approximate surface area is 151 Å². The van der Waals surface area contributed by atoms with Crippen molar-refractivity contribution >= 4 is 33.3 Å². The van der Waals surface area contributed by atoms with E-state index in [1.54, 1.807) is 0 Å². The molecule has 0 heterocycles. The Bertz CT molecular complexity index is 892. The maximum atomic E-state index is 12.7. The minimum atomic E-state index is -3.79. The second kappa shape index (κ2) is 7.87. The summed E-state index contributed by atoms with van der Waals surface area (Å²) in [6.45, 7) is 0.885. The first-order chi connectivity index (χ1) is 12.2. The quantitative estimate of drug-likeness (QED) is 0.761. The second-order valence-corrected chi connectivity index (χ2v) is 7.32. The fourth-order valence-electron chi connectivity index (χ4n) is 2.11. The molecule has 0 aliphatic rings. The van der Waals surface area contributed by atoms with Crippen LogP contribution in [0.2, 0.25) is 0 Å². The van der Waals surface area contributed by atoms with E-state index < -0.39 is 22.6 Å². The molecule has 0 atom stereocenters. The molecule has 26 heavy (non-hydrogen) atoms. The van der Waals surface area contributed by atoms with Crippen molar-refractivity contribution in [1.29, 1.82) is 0 Å². The van der Waals surface area contributed by atoms with Crippen LogP contribution < -0.4 is 14.4 Å². The Morgan fingerprint density at radius 3 is 2.15 bits per heavy atom. The largest absolute Gasteiger partial charge is 0.482 e. The lowest BCUT2D eigenvalue weighted by atomic mass is 10.3. The van der Waals surface area contributed by atoms with Gasteiger partial charge in [0.2, 0.25) is 5.91 Å². The van der Waals surface area contributed by atoms with Gasteiger partial charge in [0.1, 0.15) is 5.75 Å². The van der Waals surface area contributed by atoms with E-state index in [-0.39, 0.29) is 10.8 Å². The highest BCUT2D eigenvalue weighted by atomic mass is 32.2. The normalized spacial score (nSPS) is 10.8. The van der Waals surface area contributed by atoms with Crippen LogP contribution in [0.1, 0.15) is 6.92 Å². The third kappa shape index (κ3) is 4.73. The molecule has 0 aliphatic heterocycles. The van der Waals surface area contributed by atoms with E-state index in [2.05, 4.69) is 5.32 Å². The van der Waals surface area contributed by atoms with Crippen LogP contribution in [0.15, 0.2) is 53.4 Å². The first kappa shape index (κ1) is 19.3. The van der Waals surface area contributed by atoms with Gasteiger partial charge in [-0.15, -0.1) is 0 Å². The number of anilines is 2. The van der Waals surface area contributed by atoms with Crippen molar-refractivity contribution in [2.24, 2.45) is 0 Å². The van der Waals surface area contributed by atoms with Crippen LogP contribution in [-0.4, -0.2) is 39.1 Å². The number of amides is 1. The lowest BCUT2D eigenvalue weighted by Crippen LogP contribution is -2.26. The predicted octanol–water partition coefficient (Wildman–Crippen LogP) is 1.93. The summed E-state index contributed by atoms with van der Waals surface area (Å²) in [7, 11) is -2.38. The number of sulfonamides is 1. The van der Waals surface area contributed by atoms with Crippen molar-refractivity contribution in [3.63, 3.8) is 0 Å². The van der Waals surface area contributed by atoms with Gasteiger partial charge in [0.25, 0.3) is 10.0 Å². The molecule has 0 aromatic heterocycles. The standard InChI is InChI=1S/C17H18N2O6S/c1-12(20)18-13-3-9-16(10-4-13)26(23,24)19(2)14-5-7-15(8-6-14)25-11-17(21)22/h3-10H,11H2,1-2H3,(H,18,20)(H,21,22). The van der Waals surface area contributed by atoms with E-state index in [1.807, 2.05) is 0 Å². The van der Waals surface area contributed by atoms with Crippen LogP contribution >= 0.6 is 0 Å². The number of nitrogens with one attached hydrogen (secondary N) is 1. The van der Waals surface area contributed by atoms with Gasteiger partial charge in [-0.2, -0.15) is 0 Å². The Hall–Kier alpha value is -3.07. The first-order valence-electron chi connectivity index (χ1n) is 7.51. The molecule has 1 amide bonds. The highest BCUT2D eigenvalue weighted by Crippen LogP contribution is 2.25. The molecular weight excluding hydrogens is 360 g/mol. The van der Waals surface area contributed by atoms with Crippen LogP contribution in [-0.2, 0) is 19.6 Å². The minimum Gasteiger partial charge on any atom is -0.482 e. The Kier molecular flexibility index (Phi) is 5.83. The monoisotopic (exact) mass is 378 g/mol. The number of carbonyl (C=O) groups is 2. The number of carbonyl (C=O) groups excluding carboxylic acids is 1. The minimum absolute atomic E-state index is 0.0697. The maximum absolute atomic E-state index is 12.7. The number of carboxylic acids is 1. The van der Waals surface area contributed by atoms with Gasteiger partial charge in [-0.1, -0.05) is 0 Å². The SMILES string of the molecule is CC(=O)Nc1ccc(S(=O)(=O)N(C)c2ccc(OCC(=O)O)cc2)cc1. The summed E-state index contributed by atoms with van der Waals surface area (Å²) in [6.07, 6.45) is 0. The average Bonchev–Trinajstić information content (AvgIpc) is 2.59. The lowest BCUT2D eigenvalue weighted by Gasteiger charge is -2.20. The van der Waals surface area contributed by atoms with Gasteiger partial charge in [-0.25, -0.2) is 13.2 Å². The van der Waals surface area contributed by atoms with Crippen LogP contribution in [0.4, 0.5) is 11.4 Å². The van der Waals surface area contributed by atoms with Crippen molar-refractivity contribution in [2.75, 3.05) is 23.3 Å². The van der Waals surface area contributed by atoms with E-state index in [1.165, 1.54) is 62.5 Å². The second-order valence-electron chi connectivity index (χ2n) is 5.35. The fraction of sp³-hybridized carbons (Fsp3) is 0.176. The number of ether oxygens (including phenoxy) is 1. The molecule has 0 fully saturated rings. The molecule has 9 heteroatoms. The highest BCUT2D eigenvalue weighted by Gasteiger charge is 2.21. The summed E-state index contributed by atoms with van der Waals surface area (Å²) in [5, 5.41) is 11.1. The number of aliphatic carboxylic acids is 1. The van der Waals surface area contributed by atoms with Crippen molar-refractivity contribution in [3.05, 3.63) is 48.5 Å². The van der Waals surface area contributed by atoms with Crippen molar-refractivity contribution < 1.29 is 27.9 Å². The van der Waals surface area contributed by atoms with Gasteiger partial charge < -0.3 is 15.2 Å². The summed E-state index contributed by atoms with van der Waals surface area (Å²) >= 11 is 0. The Balaban J connectivity index is 2.17. The van der Waals surface area contributed by atoms with Gasteiger partial charge in [-0.3, -0.25) is 9.10 Å². The summed E-state index contributed by atoms with van der Waals surface area (Å²) in [4.78, 5) is 21.6. The van der Waals surface area contributed by atoms with Gasteiger partial charge in [-0.05, 0) is 48.5 Å². The van der Waals surface area contributed by atoms with Crippen LogP contribution in [0.3, 0.4) is 0 Å². The van der Waals surface area contributed by atoms with Crippen LogP contribution in [0.25, 0.3) is 0 Å². The molecule has 138 valence electrons. The van der Waals surface area contributed by atoms with Gasteiger partial charge in [0.15, 0.2) is 6.61 Å². The summed E-state index contributed by atoms with van der Waals surface area (Å²) in [6, 6.07) is 11.8. The number of benzene rings is 2. The molecule has 2 aromatic rings. The molecule has 0 radical (unpaired) electrons. The summed E-state index contributed by atoms with van der Waals surface area (Å²) in [5.74, 6) is -1.03. The number of nitrogens with zero attached hydrogens (tertiary/aromatic N) is 1. The van der Waals surface area contributed by atoms with Gasteiger partial charge in [0, 0.05) is 19.7 Å². The summed E-state index contributed by atoms with van der Waals surface area (Å²) in [5.41, 5.74) is 0.887. The number of rotatable bonds is 7. The summed E-state index contributed by atoms with van der Waals surface area (Å²) < 4.78 is 31.5. The molecular formula is C17H18N2O6S. The Morgan fingerprint density at radius 2 is 1.65 bits per heavy atom. The molecule has 0 bridgehead atoms. The van der Waals surface area contributed by atoms with Crippen molar-refractivity contribution in [1.82, 2.24) is 0 Å². The topological polar surface area (TPSA) is 113 Å². The molecule has 2 rings (SSSR count). The molecule has 0 saturated heterocycles. The first-order valence-corrected chi connectivity index (χ1v) is 8.95. The molecule has 0 aliphatic carbocycles. The number of hydrogen-bond acceptors (Lipinski definition) is 5. The van der Waals surface area contributed by atoms with Gasteiger partial charge >= 0.3 is 5.97 Å². The maximum Gasteiger partial charge on any atom is 0.341 e. The van der Waals surface area contributed by atoms with E-state index in [4.69, 9.17) is 9.84 Å². The molecule has 0 unspecified atom stereocenters. The lowest BCUT2D eigenvalue weighted by molar-refractivity contribution is -0.139. The zero-order chi connectivity index (χ0) is 19.3. The van der Waals surface area contributed by atoms with E-state index in [9.17, 15) is 18.0 Å². The molecule has 0 saturated carbocycles. The number of carboxylic acid groups (broad SMARTS) is 1. The third-order valence-corrected chi connectivity index (χ3v) is 5.20. The van der Waals surface area contributed by atoms with Crippen LogP contribution in [0, 0.1) is 0 Å². The molecule has 2 N–H and O–H groups in total. The average molecular weight is 378 g/mol. The van der Waals surface area contributed by atoms with E-state index >= 15 is 0 Å². The zero-order valence-corrected chi connectivity index (χ0v) is 15.0. The predicted molar refractivity (Wildman–Crippen MR) is 95.9 cm³/mol. The molecule has 8 nitrogen and oxygen atoms in total. The van der Waals surface area contributed by atoms with Crippen molar-refractivity contribution in [2.45, 2.75) is 11.8 Å². The van der Waals surface area contributed by atoms with E-state index in [0.717, 1.165) is 4.31 Å². The van der Waals surface area contributed by atoms with E-state index in [0.29, 0.717) is 17.1 Å². The molecule has 2 aromatic carbocycles. The fourth-order valence-corrected chi connectivity index (χ4v) is 3.30. The van der Waals surface area contributed by atoms with Crippen LogP contribution in [0.5, 0.6) is 5.75 Å². The van der Waals surface area contributed by atoms with Crippen molar-refractivity contribution in [3.8, 4) is 5.75 Å². The Morgan fingerprint density at radius 1 is 1.08 bits per heavy atom. The number of hydrogen-bond donors (Lipinski definition) is 2. The zero-order valence-electron chi connectivity index (χ0n) is 14.2. The highest BCUT2D eigenvalue weighted by molar-refractivity contribution is 7.92. The molecule has 0 spiro atoms. The smallest absolute Gasteiger partial charge is 0.341 e. The van der Waals surface area contributed by atoms with Gasteiger partial charge in [0.05, 0.1) is 10.6 Å². The third-order valence-electron chi connectivity index (χ3n) is 3.40.